The van der Waals surface area contributed by atoms with Gasteiger partial charge in [-0.1, -0.05) is 350 Å². The van der Waals surface area contributed by atoms with Crippen molar-refractivity contribution in [2.75, 3.05) is 9.80 Å². The lowest BCUT2D eigenvalue weighted by Crippen LogP contribution is -2.61. The molecule has 0 radical (unpaired) electrons. The molecule has 19 aromatic rings. The van der Waals surface area contributed by atoms with E-state index in [4.69, 9.17) is 0 Å². The topological polar surface area (TPSA) is 15.8 Å². The largest absolute Gasteiger partial charge is 0.309 e. The first-order chi connectivity index (χ1) is 59.9. The quantitative estimate of drug-likeness (QED) is 0.127. The second-order valence-electron chi connectivity index (χ2n) is 36.2. The third-order valence-corrected chi connectivity index (χ3v) is 24.8. The van der Waals surface area contributed by atoms with E-state index in [0.717, 1.165) is 172 Å². The highest BCUT2D eigenvalue weighted by Gasteiger charge is 2.49. The molecule has 0 atom stereocenters. The molecule has 0 bridgehead atoms. The van der Waals surface area contributed by atoms with E-state index in [2.05, 4.69) is 388 Å². The SMILES string of the molecule is [2H]c1c([2H])c([2H])c2c(c1[2H])c1c([2H])c([2H])c([2H])c([2H])c1n2-c1ccc2c(c1)N(c1c(-c3ccccc3)cc(C(C)(C)C)cc1-c1ccccc1)c1c3c(c4c5ccccc5n5c6ccccc6c1c45)N(c1c(-c4cccc(-c5ccccc5)c4)cc(C(C)(C)C)cc1-c1cccc(-c4ccccc4)c1)c1ccc(-c4cc(C(C)(C)C)cc(C(C)(C)C)c4)cc1B23. The Kier molecular flexibility index (Phi) is 14.4. The van der Waals surface area contributed by atoms with Gasteiger partial charge in [0.05, 0.1) is 61.3 Å². The second-order valence-corrected chi connectivity index (χ2v) is 36.2. The van der Waals surface area contributed by atoms with Gasteiger partial charge in [-0.15, -0.1) is 0 Å². The van der Waals surface area contributed by atoms with Gasteiger partial charge in [-0.25, -0.2) is 0 Å². The van der Waals surface area contributed by atoms with Gasteiger partial charge in [0.2, 0.25) is 0 Å². The number of hydrogen-bond acceptors (Lipinski definition) is 2. The maximum absolute atomic E-state index is 10.1. The molecule has 21 rings (SSSR count). The van der Waals surface area contributed by atoms with E-state index in [0.29, 0.717) is 5.69 Å². The number of fused-ring (bicyclic) bond motifs is 15. The normalized spacial score (nSPS) is 14.0. The van der Waals surface area contributed by atoms with Crippen molar-refractivity contribution in [3.8, 4) is 83.6 Å². The van der Waals surface area contributed by atoms with E-state index in [1.807, 2.05) is 6.07 Å². The van der Waals surface area contributed by atoms with Gasteiger partial charge in [0.1, 0.15) is 0 Å². The van der Waals surface area contributed by atoms with Crippen LogP contribution in [0.15, 0.2) is 346 Å². The van der Waals surface area contributed by atoms with E-state index >= 15 is 0 Å². The van der Waals surface area contributed by atoms with Gasteiger partial charge in [0.25, 0.3) is 6.71 Å². The molecule has 0 spiro atoms. The Hall–Kier alpha value is -13.2. The Bertz CT molecular complexity index is 7460. The Morgan fingerprint density at radius 1 is 0.265 bits per heavy atom. The summed E-state index contributed by atoms with van der Waals surface area (Å²) in [5.74, 6) is 0. The predicted octanol–water partition coefficient (Wildman–Crippen LogP) is 28.9. The number of rotatable bonds is 10. The fourth-order valence-corrected chi connectivity index (χ4v) is 18.9. The van der Waals surface area contributed by atoms with Crippen LogP contribution in [0.2, 0.25) is 0 Å². The predicted molar refractivity (Wildman–Crippen MR) is 502 cm³/mol. The fourth-order valence-electron chi connectivity index (χ4n) is 18.9. The van der Waals surface area contributed by atoms with Gasteiger partial charge < -0.3 is 18.8 Å². The Balaban J connectivity index is 1.03. The van der Waals surface area contributed by atoms with Gasteiger partial charge in [0.15, 0.2) is 0 Å². The number of benzene rings is 16. The molecule has 4 nitrogen and oxygen atoms in total. The molecule has 0 saturated heterocycles. The van der Waals surface area contributed by atoms with Crippen molar-refractivity contribution in [3.05, 3.63) is 368 Å². The molecule has 0 N–H and O–H groups in total. The molecule has 0 fully saturated rings. The molecule has 117 heavy (non-hydrogen) atoms. The maximum Gasteiger partial charge on any atom is 0.252 e. The molecule has 0 saturated carbocycles. The van der Waals surface area contributed by atoms with Crippen molar-refractivity contribution in [2.24, 2.45) is 0 Å². The van der Waals surface area contributed by atoms with Gasteiger partial charge >= 0.3 is 0 Å². The number of para-hydroxylation sites is 4. The summed E-state index contributed by atoms with van der Waals surface area (Å²) in [6.07, 6.45) is 0. The van der Waals surface area contributed by atoms with Crippen LogP contribution >= 0.6 is 0 Å². The minimum Gasteiger partial charge on any atom is -0.309 e. The number of aromatic nitrogens is 2. The fraction of sp³-hybridized carbons (Fsp3) is 0.143. The van der Waals surface area contributed by atoms with Gasteiger partial charge in [0, 0.05) is 71.6 Å². The number of nitrogens with zero attached hydrogens (tertiary/aromatic N) is 4. The van der Waals surface area contributed by atoms with Crippen LogP contribution in [0.5, 0.6) is 0 Å². The average molecular weight is 1510 g/mol. The summed E-state index contributed by atoms with van der Waals surface area (Å²) in [7, 11) is 0. The van der Waals surface area contributed by atoms with Gasteiger partial charge in [-0.05, 0) is 195 Å². The summed E-state index contributed by atoms with van der Waals surface area (Å²) in [5.41, 5.74) is 30.2. The van der Waals surface area contributed by atoms with Crippen molar-refractivity contribution in [3.63, 3.8) is 0 Å². The van der Waals surface area contributed by atoms with Gasteiger partial charge in [-0.3, -0.25) is 0 Å². The lowest BCUT2D eigenvalue weighted by atomic mass is 9.33. The first-order valence-corrected chi connectivity index (χ1v) is 41.0. The lowest BCUT2D eigenvalue weighted by molar-refractivity contribution is 0.569. The zero-order valence-corrected chi connectivity index (χ0v) is 68.2. The highest BCUT2D eigenvalue weighted by Crippen LogP contribution is 2.60. The van der Waals surface area contributed by atoms with Crippen LogP contribution in [0.25, 0.3) is 143 Å². The van der Waals surface area contributed by atoms with E-state index in [1.54, 1.807) is 4.57 Å². The second kappa shape index (κ2) is 26.7. The molecule has 3 aromatic heterocycles. The summed E-state index contributed by atoms with van der Waals surface area (Å²) >= 11 is 0. The molecule has 2 aliphatic rings. The smallest absolute Gasteiger partial charge is 0.252 e. The summed E-state index contributed by atoms with van der Waals surface area (Å²) in [6.45, 7) is 27.0. The Morgan fingerprint density at radius 2 is 0.650 bits per heavy atom. The van der Waals surface area contributed by atoms with Crippen LogP contribution in [0.4, 0.5) is 34.1 Å². The molecule has 2 aliphatic heterocycles. The highest BCUT2D eigenvalue weighted by atomic mass is 15.2. The monoisotopic (exact) mass is 1510 g/mol. The first kappa shape index (κ1) is 63.1. The molecule has 16 aromatic carbocycles. The van der Waals surface area contributed by atoms with Gasteiger partial charge in [-0.2, -0.15) is 0 Å². The summed E-state index contributed by atoms with van der Waals surface area (Å²) in [5, 5.41) is 4.22. The number of hydrogen-bond donors (Lipinski definition) is 0. The lowest BCUT2D eigenvalue weighted by Gasteiger charge is -2.46. The molecular formula is C112H93BN4. The summed E-state index contributed by atoms with van der Waals surface area (Å²) in [4.78, 5) is 5.27. The molecule has 0 unspecified atom stereocenters. The zero-order valence-electron chi connectivity index (χ0n) is 76.2. The van der Waals surface area contributed by atoms with Crippen molar-refractivity contribution >= 4 is 117 Å². The standard InChI is InChI=1S/C112H93BN4/c1-109(2,3)80-61-79(62-81(64-80)110(4,5)6)76-55-58-99-94(63-76)113-93-57-56-84(114-95-51-29-25-47-85(95)86-48-26-30-52-96(86)114)69-100(93)117(104-89(72-39-21-15-22-40-72)65-82(111(7,8)9)66-90(104)73-41-23-16-24-42-73)108-102-88-50-28-32-54-98(88)115-97-53-31-27-49-87(97)101(106(102)115)107(103(108)113)116(99)105-91(77-45-33-43-74(59-77)70-35-17-13-18-36-70)67-83(112(10,11)12)68-92(105)78-46-34-44-75(60-78)71-37-19-14-20-38-71/h13-69H,1-12H3/i25D,26D,29D,30D,47D,48D,51D,52D. The van der Waals surface area contributed by atoms with E-state index in [1.165, 1.54) is 16.7 Å². The Labute approximate surface area is 698 Å². The molecule has 5 heterocycles. The van der Waals surface area contributed by atoms with Crippen LogP contribution in [-0.2, 0) is 21.7 Å². The highest BCUT2D eigenvalue weighted by molar-refractivity contribution is 7.01. The first-order valence-electron chi connectivity index (χ1n) is 45.0. The van der Waals surface area contributed by atoms with Crippen LogP contribution < -0.4 is 26.2 Å². The zero-order chi connectivity index (χ0) is 86.7. The van der Waals surface area contributed by atoms with Crippen molar-refractivity contribution < 1.29 is 11.0 Å². The number of anilines is 6. The minimum absolute atomic E-state index is 0.00454. The van der Waals surface area contributed by atoms with E-state index in [-0.39, 0.29) is 55.6 Å². The molecule has 5 heteroatoms. The molecule has 564 valence electrons. The van der Waals surface area contributed by atoms with Crippen molar-refractivity contribution in [1.29, 1.82) is 0 Å². The third-order valence-electron chi connectivity index (χ3n) is 24.8. The van der Waals surface area contributed by atoms with Crippen LogP contribution in [0.1, 0.15) is 116 Å². The van der Waals surface area contributed by atoms with E-state index < -0.39 is 43.0 Å². The van der Waals surface area contributed by atoms with Crippen molar-refractivity contribution in [2.45, 2.75) is 105 Å². The molecule has 0 amide bonds. The van der Waals surface area contributed by atoms with E-state index in [9.17, 15) is 11.0 Å². The summed E-state index contributed by atoms with van der Waals surface area (Å²) in [6, 6.07) is 106. The van der Waals surface area contributed by atoms with Crippen LogP contribution in [0.3, 0.4) is 0 Å². The maximum atomic E-state index is 10.1. The minimum atomic E-state index is -0.625. The third kappa shape index (κ3) is 11.5. The average Bonchev–Trinajstić information content (AvgIpc) is 1.54. The van der Waals surface area contributed by atoms with Crippen LogP contribution in [-0.4, -0.2) is 15.7 Å². The Morgan fingerprint density at radius 3 is 1.11 bits per heavy atom. The van der Waals surface area contributed by atoms with Crippen molar-refractivity contribution in [1.82, 2.24) is 8.97 Å². The van der Waals surface area contributed by atoms with Crippen LogP contribution in [0, 0.1) is 0 Å². The molecule has 0 aliphatic carbocycles. The molecular weight excluding hydrogens is 1410 g/mol. The summed E-state index contributed by atoms with van der Waals surface area (Å²) < 4.78 is 81.6.